The van der Waals surface area contributed by atoms with Crippen molar-refractivity contribution >= 4 is 0 Å². The molecule has 0 unspecified atom stereocenters. The van der Waals surface area contributed by atoms with Gasteiger partial charge in [0, 0.05) is 23.5 Å². The predicted molar refractivity (Wildman–Crippen MR) is 145 cm³/mol. The molecular formula is C32H22N4. The van der Waals surface area contributed by atoms with Crippen LogP contribution in [0.15, 0.2) is 134 Å². The third-order valence-electron chi connectivity index (χ3n) is 6.05. The summed E-state index contributed by atoms with van der Waals surface area (Å²) in [6.45, 7) is 0. The van der Waals surface area contributed by atoms with E-state index >= 15 is 0 Å². The summed E-state index contributed by atoms with van der Waals surface area (Å²) in [5.74, 6) is 0. The van der Waals surface area contributed by atoms with Gasteiger partial charge in [-0.25, -0.2) is 9.97 Å². The summed E-state index contributed by atoms with van der Waals surface area (Å²) in [5.41, 5.74) is 9.79. The first kappa shape index (κ1) is 21.6. The van der Waals surface area contributed by atoms with Crippen LogP contribution in [0.5, 0.6) is 0 Å². The van der Waals surface area contributed by atoms with Crippen molar-refractivity contribution in [1.29, 1.82) is 0 Å². The lowest BCUT2D eigenvalue weighted by Gasteiger charge is -2.08. The second kappa shape index (κ2) is 9.72. The van der Waals surface area contributed by atoms with E-state index in [0.717, 1.165) is 56.4 Å². The van der Waals surface area contributed by atoms with Gasteiger partial charge < -0.3 is 0 Å². The van der Waals surface area contributed by atoms with Crippen LogP contribution in [0.2, 0.25) is 0 Å². The molecule has 0 saturated heterocycles. The Morgan fingerprint density at radius 2 is 0.639 bits per heavy atom. The van der Waals surface area contributed by atoms with Gasteiger partial charge in [-0.3, -0.25) is 9.97 Å². The number of hydrogen-bond acceptors (Lipinski definition) is 4. The maximum atomic E-state index is 4.82. The Balaban J connectivity index is 1.23. The molecule has 4 aromatic heterocycles. The Labute approximate surface area is 210 Å². The van der Waals surface area contributed by atoms with Crippen LogP contribution in [0.1, 0.15) is 0 Å². The van der Waals surface area contributed by atoms with Crippen molar-refractivity contribution in [1.82, 2.24) is 19.9 Å². The van der Waals surface area contributed by atoms with Crippen LogP contribution in [-0.2, 0) is 0 Å². The fraction of sp³-hybridized carbons (Fsp3) is 0. The van der Waals surface area contributed by atoms with Crippen molar-refractivity contribution in [3.63, 3.8) is 0 Å². The quantitative estimate of drug-likeness (QED) is 0.265. The summed E-state index contributed by atoms with van der Waals surface area (Å²) < 4.78 is 0. The van der Waals surface area contributed by atoms with Gasteiger partial charge in [-0.15, -0.1) is 0 Å². The number of hydrogen-bond donors (Lipinski definition) is 0. The summed E-state index contributed by atoms with van der Waals surface area (Å²) in [4.78, 5) is 18.5. The number of rotatable bonds is 5. The molecule has 0 fully saturated rings. The largest absolute Gasteiger partial charge is 0.255 e. The fourth-order valence-electron chi connectivity index (χ4n) is 4.17. The molecule has 4 nitrogen and oxygen atoms in total. The number of pyridine rings is 4. The monoisotopic (exact) mass is 462 g/mol. The zero-order chi connectivity index (χ0) is 24.2. The predicted octanol–water partition coefficient (Wildman–Crippen LogP) is 7.60. The van der Waals surface area contributed by atoms with Crippen molar-refractivity contribution in [3.05, 3.63) is 134 Å². The third kappa shape index (κ3) is 4.52. The smallest absolute Gasteiger partial charge is 0.0893 e. The first-order valence-electron chi connectivity index (χ1n) is 11.8. The fourth-order valence-corrected chi connectivity index (χ4v) is 4.17. The lowest BCUT2D eigenvalue weighted by atomic mass is 10.0. The Kier molecular flexibility index (Phi) is 5.83. The van der Waals surface area contributed by atoms with Gasteiger partial charge in [-0.1, -0.05) is 72.8 Å². The average Bonchev–Trinajstić information content (AvgIpc) is 2.98. The van der Waals surface area contributed by atoms with Crippen molar-refractivity contribution in [2.24, 2.45) is 0 Å². The van der Waals surface area contributed by atoms with Gasteiger partial charge in [0.05, 0.1) is 34.2 Å². The molecule has 4 heteroatoms. The van der Waals surface area contributed by atoms with E-state index in [1.807, 2.05) is 72.8 Å². The minimum absolute atomic E-state index is 0.869. The lowest BCUT2D eigenvalue weighted by molar-refractivity contribution is 1.25. The molecule has 6 aromatic rings. The van der Waals surface area contributed by atoms with E-state index in [2.05, 4.69) is 58.5 Å². The summed E-state index contributed by atoms with van der Waals surface area (Å²) in [6.07, 6.45) is 3.58. The molecule has 0 amide bonds. The van der Waals surface area contributed by atoms with Gasteiger partial charge in [-0.05, 0) is 59.7 Å². The van der Waals surface area contributed by atoms with Crippen LogP contribution in [0.25, 0.3) is 56.4 Å². The zero-order valence-electron chi connectivity index (χ0n) is 19.5. The lowest BCUT2D eigenvalue weighted by Crippen LogP contribution is -1.90. The molecule has 0 atom stereocenters. The Bertz CT molecular complexity index is 1470. The maximum Gasteiger partial charge on any atom is 0.0893 e. The molecule has 0 N–H and O–H groups in total. The molecule has 0 aliphatic rings. The van der Waals surface area contributed by atoms with Gasteiger partial charge in [0.1, 0.15) is 0 Å². The molecule has 6 rings (SSSR count). The maximum absolute atomic E-state index is 4.82. The topological polar surface area (TPSA) is 51.6 Å². The molecule has 170 valence electrons. The Hall–Kier alpha value is -4.96. The van der Waals surface area contributed by atoms with E-state index in [4.69, 9.17) is 9.97 Å². The zero-order valence-corrected chi connectivity index (χ0v) is 19.5. The Morgan fingerprint density at radius 3 is 1.03 bits per heavy atom. The first-order chi connectivity index (χ1) is 17.8. The highest BCUT2D eigenvalue weighted by atomic mass is 14.8. The molecule has 0 radical (unpaired) electrons. The molecule has 0 bridgehead atoms. The molecule has 4 heterocycles. The van der Waals surface area contributed by atoms with E-state index in [9.17, 15) is 0 Å². The number of benzene rings is 2. The summed E-state index contributed by atoms with van der Waals surface area (Å²) in [5, 5.41) is 0. The van der Waals surface area contributed by atoms with Crippen molar-refractivity contribution in [2.75, 3.05) is 0 Å². The molecular weight excluding hydrogens is 440 g/mol. The van der Waals surface area contributed by atoms with E-state index in [1.165, 1.54) is 0 Å². The minimum Gasteiger partial charge on any atom is -0.255 e. The molecule has 0 spiro atoms. The highest BCUT2D eigenvalue weighted by molar-refractivity contribution is 5.73. The number of aromatic nitrogens is 4. The van der Waals surface area contributed by atoms with E-state index < -0.39 is 0 Å². The summed E-state index contributed by atoms with van der Waals surface area (Å²) in [7, 11) is 0. The highest BCUT2D eigenvalue weighted by Crippen LogP contribution is 2.28. The standard InChI is InChI=1S/C32H22N4/c1-3-21-33-29(7-1)31-11-5-9-27(35-31)25-17-13-23(14-18-25)24-15-19-26(20-16-24)28-10-6-12-32(36-28)30-8-2-4-22-34-30/h1-22H. The van der Waals surface area contributed by atoms with Gasteiger partial charge >= 0.3 is 0 Å². The van der Waals surface area contributed by atoms with Gasteiger partial charge in [-0.2, -0.15) is 0 Å². The molecule has 36 heavy (non-hydrogen) atoms. The SMILES string of the molecule is c1ccc(-c2cccc(-c3ccc(-c4ccc(-c5cccc(-c6ccccn6)n5)cc4)cc3)n2)nc1. The second-order valence-corrected chi connectivity index (χ2v) is 8.40. The molecule has 0 aliphatic carbocycles. The van der Waals surface area contributed by atoms with Crippen molar-refractivity contribution in [3.8, 4) is 56.4 Å². The number of nitrogens with zero attached hydrogens (tertiary/aromatic N) is 4. The average molecular weight is 463 g/mol. The third-order valence-corrected chi connectivity index (χ3v) is 6.05. The minimum atomic E-state index is 0.869. The van der Waals surface area contributed by atoms with E-state index in [-0.39, 0.29) is 0 Å². The highest BCUT2D eigenvalue weighted by Gasteiger charge is 2.07. The van der Waals surface area contributed by atoms with Crippen LogP contribution in [0.3, 0.4) is 0 Å². The van der Waals surface area contributed by atoms with Crippen molar-refractivity contribution < 1.29 is 0 Å². The van der Waals surface area contributed by atoms with Crippen LogP contribution in [0, 0.1) is 0 Å². The molecule has 0 aliphatic heterocycles. The van der Waals surface area contributed by atoms with Gasteiger partial charge in [0.2, 0.25) is 0 Å². The summed E-state index contributed by atoms with van der Waals surface area (Å²) in [6, 6.07) is 40.8. The van der Waals surface area contributed by atoms with E-state index in [1.54, 1.807) is 12.4 Å². The van der Waals surface area contributed by atoms with Crippen molar-refractivity contribution in [2.45, 2.75) is 0 Å². The molecule has 0 saturated carbocycles. The van der Waals surface area contributed by atoms with Gasteiger partial charge in [0.25, 0.3) is 0 Å². The van der Waals surface area contributed by atoms with Gasteiger partial charge in [0.15, 0.2) is 0 Å². The molecule has 2 aromatic carbocycles. The second-order valence-electron chi connectivity index (χ2n) is 8.40. The van der Waals surface area contributed by atoms with Crippen LogP contribution >= 0.6 is 0 Å². The van der Waals surface area contributed by atoms with E-state index in [0.29, 0.717) is 0 Å². The van der Waals surface area contributed by atoms with Crippen LogP contribution < -0.4 is 0 Å². The Morgan fingerprint density at radius 1 is 0.278 bits per heavy atom. The summed E-state index contributed by atoms with van der Waals surface area (Å²) >= 11 is 0. The first-order valence-corrected chi connectivity index (χ1v) is 11.8. The van der Waals surface area contributed by atoms with Crippen LogP contribution in [0.4, 0.5) is 0 Å². The normalized spacial score (nSPS) is 10.8. The van der Waals surface area contributed by atoms with Crippen LogP contribution in [-0.4, -0.2) is 19.9 Å².